The van der Waals surface area contributed by atoms with E-state index in [9.17, 15) is 19.2 Å². The maximum Gasteiger partial charge on any atom is 0.338 e. The number of esters is 3. The Morgan fingerprint density at radius 1 is 0.592 bits per heavy atom. The van der Waals surface area contributed by atoms with Gasteiger partial charge in [0.2, 0.25) is 0 Å². The lowest BCUT2D eigenvalue weighted by Crippen LogP contribution is -2.66. The van der Waals surface area contributed by atoms with E-state index in [1.165, 1.54) is 7.11 Å². The molecule has 1 aliphatic heterocycles. The van der Waals surface area contributed by atoms with Gasteiger partial charge in [-0.2, -0.15) is 0 Å². The first-order chi connectivity index (χ1) is 23.5. The predicted octanol–water partition coefficient (Wildman–Crippen LogP) is 7.51. The minimum atomic E-state index is -1.39. The fourth-order valence-corrected chi connectivity index (χ4v) is 5.95. The van der Waals surface area contributed by atoms with Gasteiger partial charge in [0.1, 0.15) is 18.8 Å². The minimum Gasteiger partial charge on any atom is -0.459 e. The molecule has 0 aromatic heterocycles. The Labute approximate surface area is 315 Å². The number of carbonyl (C=O) groups excluding carboxylic acids is 4. The fourth-order valence-electron chi connectivity index (χ4n) is 4.89. The van der Waals surface area contributed by atoms with Crippen molar-refractivity contribution in [2.24, 2.45) is 0 Å². The third-order valence-electron chi connectivity index (χ3n) is 7.39. The summed E-state index contributed by atoms with van der Waals surface area (Å²) in [4.78, 5) is 53.7. The summed E-state index contributed by atoms with van der Waals surface area (Å²) in [7, 11) is 1.34. The number of ether oxygens (including phenoxy) is 5. The number of carbonyl (C=O) groups is 4. The zero-order valence-electron chi connectivity index (χ0n) is 25.5. The molecule has 1 N–H and O–H groups in total. The van der Waals surface area contributed by atoms with Crippen LogP contribution < -0.4 is 5.32 Å². The number of hydrogen-bond donors (Lipinski definition) is 1. The van der Waals surface area contributed by atoms with Crippen LogP contribution in [0.2, 0.25) is 0 Å². The number of hydrogen-bond acceptors (Lipinski definition) is 9. The lowest BCUT2D eigenvalue weighted by atomic mass is 9.95. The lowest BCUT2D eigenvalue weighted by Gasteiger charge is -2.44. The Morgan fingerprint density at radius 3 is 1.41 bits per heavy atom. The SMILES string of the molecule is CO[C@@H]1O[C@H](COC(=O)c2ccc(Br)cc2)[C@@H](OC(=O)c2ccc(Br)cc2)[C@H](OC(=O)c2ccc(Br)cc2)[C@H]1NC(=O)c1ccc(Br)cc1. The second kappa shape index (κ2) is 17.0. The van der Waals surface area contributed by atoms with Gasteiger partial charge in [0, 0.05) is 30.6 Å². The van der Waals surface area contributed by atoms with Crippen LogP contribution in [0.3, 0.4) is 0 Å². The number of halogens is 4. The summed E-state index contributed by atoms with van der Waals surface area (Å²) < 4.78 is 32.5. The maximum atomic E-state index is 13.6. The average Bonchev–Trinajstić information content (AvgIpc) is 3.10. The van der Waals surface area contributed by atoms with Crippen LogP contribution in [0.25, 0.3) is 0 Å². The molecular formula is C35H27Br4NO9. The first kappa shape index (κ1) is 36.9. The van der Waals surface area contributed by atoms with Crippen LogP contribution in [-0.2, 0) is 23.7 Å². The van der Waals surface area contributed by atoms with Crippen molar-refractivity contribution in [3.05, 3.63) is 137 Å². The van der Waals surface area contributed by atoms with Gasteiger partial charge in [-0.3, -0.25) is 4.79 Å². The van der Waals surface area contributed by atoms with Crippen LogP contribution in [-0.4, -0.2) is 68.2 Å². The lowest BCUT2D eigenvalue weighted by molar-refractivity contribution is -0.260. The van der Waals surface area contributed by atoms with Crippen LogP contribution in [0.5, 0.6) is 0 Å². The summed E-state index contributed by atoms with van der Waals surface area (Å²) >= 11 is 13.4. The number of methoxy groups -OCH3 is 1. The number of nitrogens with one attached hydrogen (secondary N) is 1. The molecule has 49 heavy (non-hydrogen) atoms. The molecule has 5 atom stereocenters. The van der Waals surface area contributed by atoms with Crippen molar-refractivity contribution in [1.29, 1.82) is 0 Å². The molecule has 0 bridgehead atoms. The fraction of sp³-hybridized carbons (Fsp3) is 0.200. The molecule has 1 fully saturated rings. The van der Waals surface area contributed by atoms with E-state index in [4.69, 9.17) is 23.7 Å². The van der Waals surface area contributed by atoms with Crippen molar-refractivity contribution in [2.75, 3.05) is 13.7 Å². The number of rotatable bonds is 10. The van der Waals surface area contributed by atoms with Crippen LogP contribution in [0.4, 0.5) is 0 Å². The van der Waals surface area contributed by atoms with Gasteiger partial charge in [-0.05, 0) is 97.1 Å². The van der Waals surface area contributed by atoms with E-state index in [-0.39, 0.29) is 16.7 Å². The van der Waals surface area contributed by atoms with Crippen molar-refractivity contribution in [3.8, 4) is 0 Å². The molecule has 10 nitrogen and oxygen atoms in total. The topological polar surface area (TPSA) is 126 Å². The van der Waals surface area contributed by atoms with Crippen molar-refractivity contribution < 1.29 is 42.9 Å². The van der Waals surface area contributed by atoms with Gasteiger partial charge in [0.05, 0.1) is 16.7 Å². The molecule has 5 rings (SSSR count). The van der Waals surface area contributed by atoms with Gasteiger partial charge in [0.15, 0.2) is 18.5 Å². The molecule has 0 aliphatic carbocycles. The predicted molar refractivity (Wildman–Crippen MR) is 192 cm³/mol. The van der Waals surface area contributed by atoms with E-state index in [2.05, 4.69) is 69.0 Å². The Kier molecular flexibility index (Phi) is 12.8. The molecule has 0 radical (unpaired) electrons. The second-order valence-electron chi connectivity index (χ2n) is 10.6. The molecule has 0 spiro atoms. The maximum absolute atomic E-state index is 13.6. The van der Waals surface area contributed by atoms with Crippen molar-refractivity contribution in [3.63, 3.8) is 0 Å². The molecule has 1 amide bonds. The Balaban J connectivity index is 1.51. The average molecular weight is 925 g/mol. The van der Waals surface area contributed by atoms with E-state index in [0.717, 1.165) is 17.9 Å². The zero-order chi connectivity index (χ0) is 35.1. The van der Waals surface area contributed by atoms with E-state index in [0.29, 0.717) is 5.56 Å². The summed E-state index contributed by atoms with van der Waals surface area (Å²) in [6.45, 7) is -0.424. The number of amides is 1. The molecule has 4 aromatic carbocycles. The molecule has 0 saturated carbocycles. The standard InChI is InChI=1S/C35H27Br4NO9/c1-45-35-28(40-31(41)19-2-10-23(36)11-3-19)30(49-34(44)22-8-16-26(39)17-9-22)29(48-33(43)21-6-14-25(38)15-7-21)27(47-35)18-46-32(42)20-4-12-24(37)13-5-20/h2-17,27-30,35H,18H2,1H3,(H,40,41)/t27-,28-,29-,30-,35-/m1/s1. The van der Waals surface area contributed by atoms with E-state index >= 15 is 0 Å². The van der Waals surface area contributed by atoms with Gasteiger partial charge in [0.25, 0.3) is 5.91 Å². The third-order valence-corrected chi connectivity index (χ3v) is 9.50. The van der Waals surface area contributed by atoms with Crippen molar-refractivity contribution in [1.82, 2.24) is 5.32 Å². The highest BCUT2D eigenvalue weighted by molar-refractivity contribution is 9.11. The van der Waals surface area contributed by atoms with Gasteiger partial charge in [-0.15, -0.1) is 0 Å². The second-order valence-corrected chi connectivity index (χ2v) is 14.3. The monoisotopic (exact) mass is 921 g/mol. The van der Waals surface area contributed by atoms with Gasteiger partial charge in [-0.25, -0.2) is 14.4 Å². The largest absolute Gasteiger partial charge is 0.459 e. The first-order valence-electron chi connectivity index (χ1n) is 14.6. The summed E-state index contributed by atoms with van der Waals surface area (Å²) in [6, 6.07) is 24.8. The highest BCUT2D eigenvalue weighted by atomic mass is 79.9. The molecule has 14 heteroatoms. The summed E-state index contributed by atoms with van der Waals surface area (Å²) in [5, 5.41) is 2.84. The number of benzene rings is 4. The van der Waals surface area contributed by atoms with E-state index in [1.807, 2.05) is 0 Å². The van der Waals surface area contributed by atoms with Crippen LogP contribution in [0, 0.1) is 0 Å². The van der Waals surface area contributed by atoms with E-state index in [1.54, 1.807) is 97.1 Å². The Hall–Kier alpha value is -3.40. The van der Waals surface area contributed by atoms with Crippen molar-refractivity contribution >= 4 is 87.5 Å². The van der Waals surface area contributed by atoms with Gasteiger partial charge >= 0.3 is 17.9 Å². The third kappa shape index (κ3) is 9.65. The Bertz CT molecular complexity index is 1790. The Morgan fingerprint density at radius 2 is 0.980 bits per heavy atom. The van der Waals surface area contributed by atoms with Crippen molar-refractivity contribution in [2.45, 2.75) is 30.6 Å². The zero-order valence-corrected chi connectivity index (χ0v) is 31.9. The normalized spacial score (nSPS) is 20.1. The summed E-state index contributed by atoms with van der Waals surface area (Å²) in [5.74, 6) is -2.75. The molecule has 254 valence electrons. The highest BCUT2D eigenvalue weighted by Crippen LogP contribution is 2.30. The molecule has 1 aliphatic rings. The van der Waals surface area contributed by atoms with E-state index < -0.39 is 61.1 Å². The molecule has 1 heterocycles. The molecular weight excluding hydrogens is 898 g/mol. The van der Waals surface area contributed by atoms with Crippen LogP contribution in [0.1, 0.15) is 41.4 Å². The van der Waals surface area contributed by atoms with Crippen LogP contribution in [0.15, 0.2) is 115 Å². The highest BCUT2D eigenvalue weighted by Gasteiger charge is 2.52. The summed E-state index contributed by atoms with van der Waals surface area (Å²) in [6.07, 6.45) is -5.21. The molecule has 1 saturated heterocycles. The smallest absolute Gasteiger partial charge is 0.338 e. The first-order valence-corrected chi connectivity index (χ1v) is 17.8. The molecule has 0 unspecified atom stereocenters. The van der Waals surface area contributed by atoms with Crippen LogP contribution >= 0.6 is 63.7 Å². The summed E-state index contributed by atoms with van der Waals surface area (Å²) in [5.41, 5.74) is 0.947. The molecule has 4 aromatic rings. The van der Waals surface area contributed by atoms with Gasteiger partial charge < -0.3 is 29.0 Å². The minimum absolute atomic E-state index is 0.191. The van der Waals surface area contributed by atoms with Gasteiger partial charge in [-0.1, -0.05) is 63.7 Å². The quantitative estimate of drug-likeness (QED) is 0.127.